The van der Waals surface area contributed by atoms with E-state index in [0.29, 0.717) is 11.0 Å². The molecule has 0 spiro atoms. The van der Waals surface area contributed by atoms with Crippen molar-refractivity contribution >= 4 is 17.0 Å². The maximum absolute atomic E-state index is 11.2. The van der Waals surface area contributed by atoms with Crippen LogP contribution in [-0.2, 0) is 5.54 Å². The van der Waals surface area contributed by atoms with Gasteiger partial charge in [-0.25, -0.2) is 9.78 Å². The normalized spacial score (nSPS) is 11.9. The molecular weight excluding hydrogens is 220 g/mol. The Labute approximate surface area is 98.3 Å². The molecule has 0 amide bonds. The topological polar surface area (TPSA) is 75.4 Å². The molecule has 0 bridgehead atoms. The SMILES string of the molecule is CC(C)(C)n1c(O)c(C(=O)O)c2cccnc21. The van der Waals surface area contributed by atoms with Crippen molar-refractivity contribution in [3.63, 3.8) is 0 Å². The number of rotatable bonds is 1. The van der Waals surface area contributed by atoms with Crippen molar-refractivity contribution in [3.05, 3.63) is 23.9 Å². The summed E-state index contributed by atoms with van der Waals surface area (Å²) in [6.45, 7) is 5.64. The minimum Gasteiger partial charge on any atom is -0.494 e. The lowest BCUT2D eigenvalue weighted by Crippen LogP contribution is -2.21. The molecule has 2 heterocycles. The first-order chi connectivity index (χ1) is 7.84. The van der Waals surface area contributed by atoms with Crippen LogP contribution >= 0.6 is 0 Å². The summed E-state index contributed by atoms with van der Waals surface area (Å²) in [7, 11) is 0. The Kier molecular flexibility index (Phi) is 2.34. The van der Waals surface area contributed by atoms with Crippen LogP contribution in [0.2, 0.25) is 0 Å². The van der Waals surface area contributed by atoms with E-state index in [4.69, 9.17) is 5.11 Å². The van der Waals surface area contributed by atoms with Crippen molar-refractivity contribution in [1.29, 1.82) is 0 Å². The Balaban J connectivity index is 2.95. The smallest absolute Gasteiger partial charge is 0.341 e. The number of carboxylic acid groups (broad SMARTS) is 1. The molecule has 0 aromatic carbocycles. The van der Waals surface area contributed by atoms with Crippen LogP contribution in [-0.4, -0.2) is 25.7 Å². The summed E-state index contributed by atoms with van der Waals surface area (Å²) in [5, 5.41) is 19.7. The molecular formula is C12H14N2O3. The minimum atomic E-state index is -1.15. The first-order valence-corrected chi connectivity index (χ1v) is 5.26. The van der Waals surface area contributed by atoms with Crippen LogP contribution < -0.4 is 0 Å². The number of fused-ring (bicyclic) bond motifs is 1. The zero-order chi connectivity index (χ0) is 12.8. The summed E-state index contributed by atoms with van der Waals surface area (Å²) < 4.78 is 1.53. The Morgan fingerprint density at radius 1 is 1.41 bits per heavy atom. The third-order valence-electron chi connectivity index (χ3n) is 2.59. The van der Waals surface area contributed by atoms with Gasteiger partial charge in [-0.15, -0.1) is 0 Å². The average Bonchev–Trinajstić information content (AvgIpc) is 2.48. The standard InChI is InChI=1S/C12H14N2O3/c1-12(2,3)14-9-7(5-4-6-13-9)8(10(14)15)11(16)17/h4-6,15H,1-3H3,(H,16,17). The molecule has 2 rings (SSSR count). The molecule has 2 aromatic rings. The van der Waals surface area contributed by atoms with Gasteiger partial charge in [0, 0.05) is 17.1 Å². The van der Waals surface area contributed by atoms with Crippen molar-refractivity contribution in [2.24, 2.45) is 0 Å². The fourth-order valence-corrected chi connectivity index (χ4v) is 1.95. The number of carboxylic acids is 1. The minimum absolute atomic E-state index is 0.0944. The van der Waals surface area contributed by atoms with Crippen LogP contribution in [0.4, 0.5) is 0 Å². The molecule has 5 heteroatoms. The zero-order valence-electron chi connectivity index (χ0n) is 9.93. The Hall–Kier alpha value is -2.04. The molecule has 0 saturated carbocycles. The van der Waals surface area contributed by atoms with E-state index in [2.05, 4.69) is 4.98 Å². The molecule has 2 N–H and O–H groups in total. The van der Waals surface area contributed by atoms with Gasteiger partial charge < -0.3 is 10.2 Å². The van der Waals surface area contributed by atoms with Crippen molar-refractivity contribution in [2.75, 3.05) is 0 Å². The summed E-state index contributed by atoms with van der Waals surface area (Å²) in [6, 6.07) is 3.30. The van der Waals surface area contributed by atoms with Gasteiger partial charge in [-0.3, -0.25) is 4.57 Å². The van der Waals surface area contributed by atoms with Crippen LogP contribution in [0.5, 0.6) is 5.88 Å². The summed E-state index contributed by atoms with van der Waals surface area (Å²) in [5.41, 5.74) is -0.0531. The van der Waals surface area contributed by atoms with E-state index in [1.165, 1.54) is 4.57 Å². The first-order valence-electron chi connectivity index (χ1n) is 5.26. The molecule has 0 radical (unpaired) electrons. The molecule has 0 aliphatic rings. The molecule has 5 nitrogen and oxygen atoms in total. The molecule has 0 aliphatic carbocycles. The van der Waals surface area contributed by atoms with Gasteiger partial charge in [-0.2, -0.15) is 0 Å². The van der Waals surface area contributed by atoms with Gasteiger partial charge >= 0.3 is 5.97 Å². The number of hydrogen-bond donors (Lipinski definition) is 2. The van der Waals surface area contributed by atoms with Crippen molar-refractivity contribution < 1.29 is 15.0 Å². The Morgan fingerprint density at radius 2 is 2.06 bits per heavy atom. The summed E-state index contributed by atoms with van der Waals surface area (Å²) in [4.78, 5) is 15.3. The largest absolute Gasteiger partial charge is 0.494 e. The third kappa shape index (κ3) is 1.63. The van der Waals surface area contributed by atoms with E-state index in [0.717, 1.165) is 0 Å². The number of carbonyl (C=O) groups is 1. The van der Waals surface area contributed by atoms with Crippen molar-refractivity contribution in [1.82, 2.24) is 9.55 Å². The van der Waals surface area contributed by atoms with Crippen LogP contribution in [0.3, 0.4) is 0 Å². The molecule has 0 saturated heterocycles. The highest BCUT2D eigenvalue weighted by Gasteiger charge is 2.28. The number of nitrogens with zero attached hydrogens (tertiary/aromatic N) is 2. The highest BCUT2D eigenvalue weighted by atomic mass is 16.4. The molecule has 0 atom stereocenters. The van der Waals surface area contributed by atoms with Gasteiger partial charge in [-0.1, -0.05) is 0 Å². The lowest BCUT2D eigenvalue weighted by Gasteiger charge is -2.22. The lowest BCUT2D eigenvalue weighted by molar-refractivity contribution is 0.0695. The Bertz CT molecular complexity index is 594. The van der Waals surface area contributed by atoms with Crippen LogP contribution in [0.1, 0.15) is 31.1 Å². The number of hydrogen-bond acceptors (Lipinski definition) is 3. The molecule has 2 aromatic heterocycles. The third-order valence-corrected chi connectivity index (χ3v) is 2.59. The van der Waals surface area contributed by atoms with Gasteiger partial charge in [0.2, 0.25) is 5.88 Å². The van der Waals surface area contributed by atoms with Crippen LogP contribution in [0.15, 0.2) is 18.3 Å². The van der Waals surface area contributed by atoms with E-state index in [1.54, 1.807) is 18.3 Å². The number of aromatic hydroxyl groups is 1. The monoisotopic (exact) mass is 234 g/mol. The summed E-state index contributed by atoms with van der Waals surface area (Å²) in [6.07, 6.45) is 1.58. The van der Waals surface area contributed by atoms with E-state index >= 15 is 0 Å². The summed E-state index contributed by atoms with van der Waals surface area (Å²) >= 11 is 0. The van der Waals surface area contributed by atoms with Crippen LogP contribution in [0.25, 0.3) is 11.0 Å². The highest BCUT2D eigenvalue weighted by molar-refractivity contribution is 6.05. The molecule has 17 heavy (non-hydrogen) atoms. The number of aromatic nitrogens is 2. The van der Waals surface area contributed by atoms with Crippen molar-refractivity contribution in [3.8, 4) is 5.88 Å². The zero-order valence-corrected chi connectivity index (χ0v) is 9.93. The van der Waals surface area contributed by atoms with Gasteiger partial charge in [0.25, 0.3) is 0 Å². The van der Waals surface area contributed by atoms with E-state index < -0.39 is 11.5 Å². The van der Waals surface area contributed by atoms with Gasteiger partial charge in [0.1, 0.15) is 11.2 Å². The molecule has 90 valence electrons. The quantitative estimate of drug-likeness (QED) is 0.793. The lowest BCUT2D eigenvalue weighted by atomic mass is 10.1. The highest BCUT2D eigenvalue weighted by Crippen LogP contribution is 2.34. The molecule has 0 aliphatic heterocycles. The molecule has 0 fully saturated rings. The average molecular weight is 234 g/mol. The van der Waals surface area contributed by atoms with E-state index in [9.17, 15) is 9.90 Å². The van der Waals surface area contributed by atoms with Crippen LogP contribution in [0, 0.1) is 0 Å². The van der Waals surface area contributed by atoms with E-state index in [1.807, 2.05) is 20.8 Å². The second kappa shape index (κ2) is 3.48. The number of aromatic carboxylic acids is 1. The maximum Gasteiger partial charge on any atom is 0.341 e. The number of pyridine rings is 1. The van der Waals surface area contributed by atoms with Gasteiger partial charge in [0.15, 0.2) is 0 Å². The fourth-order valence-electron chi connectivity index (χ4n) is 1.95. The van der Waals surface area contributed by atoms with Gasteiger partial charge in [0.05, 0.1) is 0 Å². The van der Waals surface area contributed by atoms with E-state index in [-0.39, 0.29) is 11.4 Å². The predicted molar refractivity (Wildman–Crippen MR) is 63.4 cm³/mol. The van der Waals surface area contributed by atoms with Gasteiger partial charge in [-0.05, 0) is 32.9 Å². The summed E-state index contributed by atoms with van der Waals surface area (Å²) in [5.74, 6) is -1.40. The Morgan fingerprint density at radius 3 is 2.59 bits per heavy atom. The first kappa shape index (κ1) is 11.4. The maximum atomic E-state index is 11.2. The van der Waals surface area contributed by atoms with Crippen molar-refractivity contribution in [2.45, 2.75) is 26.3 Å². The predicted octanol–water partition coefficient (Wildman–Crippen LogP) is 2.20. The second-order valence-corrected chi connectivity index (χ2v) is 4.88. The second-order valence-electron chi connectivity index (χ2n) is 4.88. The fraction of sp³-hybridized carbons (Fsp3) is 0.333. The molecule has 0 unspecified atom stereocenters.